The summed E-state index contributed by atoms with van der Waals surface area (Å²) in [6.45, 7) is 1.57. The molecule has 0 bridgehead atoms. The molecule has 1 rings (SSSR count). The fourth-order valence-electron chi connectivity index (χ4n) is 1.13. The topological polar surface area (TPSA) is 119 Å². The molecule has 6 heteroatoms. The molecule has 0 aliphatic rings. The van der Waals surface area contributed by atoms with Crippen LogP contribution in [0.25, 0.3) is 0 Å². The number of H-pyrrole nitrogens is 1. The Morgan fingerprint density at radius 3 is 2.29 bits per heavy atom. The monoisotopic (exact) mass is 195 g/mol. The van der Waals surface area contributed by atoms with Crippen molar-refractivity contribution < 1.29 is 9.59 Å². The van der Waals surface area contributed by atoms with E-state index < -0.39 is 22.9 Å². The van der Waals surface area contributed by atoms with E-state index in [1.165, 1.54) is 6.07 Å². The molecule has 2 amide bonds. The van der Waals surface area contributed by atoms with E-state index in [-0.39, 0.29) is 5.56 Å². The van der Waals surface area contributed by atoms with Gasteiger partial charge in [0.25, 0.3) is 11.5 Å². The minimum absolute atomic E-state index is 0.154. The highest BCUT2D eigenvalue weighted by Crippen LogP contribution is 2.03. The summed E-state index contributed by atoms with van der Waals surface area (Å²) >= 11 is 0. The summed E-state index contributed by atoms with van der Waals surface area (Å²) < 4.78 is 0. The zero-order chi connectivity index (χ0) is 10.9. The maximum atomic E-state index is 11.2. The van der Waals surface area contributed by atoms with Crippen LogP contribution < -0.4 is 17.0 Å². The number of carbonyl (C=O) groups excluding carboxylic acids is 2. The average molecular weight is 195 g/mol. The number of aromatic nitrogens is 1. The SMILES string of the molecule is Cc1cc(C(N)=O)c(C(N)=O)c(=O)[nH]1. The highest BCUT2D eigenvalue weighted by Gasteiger charge is 2.17. The van der Waals surface area contributed by atoms with Crippen molar-refractivity contribution >= 4 is 11.8 Å². The number of hydrogen-bond acceptors (Lipinski definition) is 3. The van der Waals surface area contributed by atoms with Gasteiger partial charge >= 0.3 is 0 Å². The van der Waals surface area contributed by atoms with E-state index in [0.717, 1.165) is 0 Å². The van der Waals surface area contributed by atoms with Gasteiger partial charge in [0.2, 0.25) is 5.91 Å². The number of amides is 2. The summed E-state index contributed by atoms with van der Waals surface area (Å²) in [4.78, 5) is 35.3. The van der Waals surface area contributed by atoms with Gasteiger partial charge in [-0.15, -0.1) is 0 Å². The van der Waals surface area contributed by atoms with Gasteiger partial charge in [-0.2, -0.15) is 0 Å². The van der Waals surface area contributed by atoms with Crippen LogP contribution in [0.5, 0.6) is 0 Å². The van der Waals surface area contributed by atoms with E-state index in [4.69, 9.17) is 11.5 Å². The molecule has 0 saturated heterocycles. The summed E-state index contributed by atoms with van der Waals surface area (Å²) in [5, 5.41) is 0. The molecule has 5 N–H and O–H groups in total. The Bertz CT molecular complexity index is 461. The Kier molecular flexibility index (Phi) is 2.37. The van der Waals surface area contributed by atoms with Crippen LogP contribution >= 0.6 is 0 Å². The van der Waals surface area contributed by atoms with Crippen LogP contribution in [0, 0.1) is 6.92 Å². The molecule has 1 aromatic heterocycles. The van der Waals surface area contributed by atoms with Crippen molar-refractivity contribution in [3.8, 4) is 0 Å². The molecule has 0 saturated carbocycles. The number of rotatable bonds is 2. The summed E-state index contributed by atoms with van der Waals surface area (Å²) in [5.41, 5.74) is 9.11. The number of aryl methyl sites for hydroxylation is 1. The van der Waals surface area contributed by atoms with E-state index in [0.29, 0.717) is 5.69 Å². The van der Waals surface area contributed by atoms with Gasteiger partial charge in [-0.25, -0.2) is 0 Å². The van der Waals surface area contributed by atoms with Gasteiger partial charge in [-0.1, -0.05) is 0 Å². The van der Waals surface area contributed by atoms with Gasteiger partial charge in [-0.3, -0.25) is 14.4 Å². The van der Waals surface area contributed by atoms with Crippen LogP contribution in [-0.2, 0) is 0 Å². The second-order valence-corrected chi connectivity index (χ2v) is 2.80. The van der Waals surface area contributed by atoms with Gasteiger partial charge in [0.1, 0.15) is 5.56 Å². The van der Waals surface area contributed by atoms with E-state index in [1.807, 2.05) is 0 Å². The molecular formula is C8H9N3O3. The largest absolute Gasteiger partial charge is 0.366 e. The number of nitrogens with one attached hydrogen (secondary N) is 1. The minimum Gasteiger partial charge on any atom is -0.366 e. The Labute approximate surface area is 78.9 Å². The second-order valence-electron chi connectivity index (χ2n) is 2.80. The Balaban J connectivity index is 3.61. The smallest absolute Gasteiger partial charge is 0.261 e. The third kappa shape index (κ3) is 1.63. The molecule has 0 spiro atoms. The number of hydrogen-bond donors (Lipinski definition) is 3. The van der Waals surface area contributed by atoms with E-state index in [2.05, 4.69) is 4.98 Å². The van der Waals surface area contributed by atoms with Crippen molar-refractivity contribution in [3.05, 3.63) is 33.2 Å². The minimum atomic E-state index is -0.972. The van der Waals surface area contributed by atoms with E-state index in [1.54, 1.807) is 6.92 Å². The van der Waals surface area contributed by atoms with Gasteiger partial charge in [0.15, 0.2) is 0 Å². The molecule has 6 nitrogen and oxygen atoms in total. The molecule has 14 heavy (non-hydrogen) atoms. The lowest BCUT2D eigenvalue weighted by Gasteiger charge is -2.02. The molecule has 1 aromatic rings. The highest BCUT2D eigenvalue weighted by atomic mass is 16.2. The fourth-order valence-corrected chi connectivity index (χ4v) is 1.13. The van der Waals surface area contributed by atoms with E-state index in [9.17, 15) is 14.4 Å². The van der Waals surface area contributed by atoms with E-state index >= 15 is 0 Å². The first-order valence-corrected chi connectivity index (χ1v) is 3.77. The fraction of sp³-hybridized carbons (Fsp3) is 0.125. The van der Waals surface area contributed by atoms with Crippen molar-refractivity contribution in [1.29, 1.82) is 0 Å². The zero-order valence-corrected chi connectivity index (χ0v) is 7.46. The number of carbonyl (C=O) groups is 2. The maximum absolute atomic E-state index is 11.2. The molecule has 74 valence electrons. The Morgan fingerprint density at radius 2 is 1.86 bits per heavy atom. The summed E-state index contributed by atoms with van der Waals surface area (Å²) in [6.07, 6.45) is 0. The lowest BCUT2D eigenvalue weighted by Crippen LogP contribution is -2.30. The van der Waals surface area contributed by atoms with Crippen molar-refractivity contribution in [3.63, 3.8) is 0 Å². The third-order valence-corrected chi connectivity index (χ3v) is 1.68. The van der Waals surface area contributed by atoms with Gasteiger partial charge in [0, 0.05) is 5.69 Å². The lowest BCUT2D eigenvalue weighted by molar-refractivity contribution is 0.0966. The lowest BCUT2D eigenvalue weighted by atomic mass is 10.1. The normalized spacial score (nSPS) is 9.79. The van der Waals surface area contributed by atoms with Crippen LogP contribution in [-0.4, -0.2) is 16.8 Å². The summed E-state index contributed by atoms with van der Waals surface area (Å²) in [7, 11) is 0. The van der Waals surface area contributed by atoms with Crippen molar-refractivity contribution in [2.75, 3.05) is 0 Å². The molecule has 0 fully saturated rings. The first kappa shape index (κ1) is 9.97. The molecule has 0 atom stereocenters. The zero-order valence-electron chi connectivity index (χ0n) is 7.46. The highest BCUT2D eigenvalue weighted by molar-refractivity contribution is 6.05. The molecular weight excluding hydrogens is 186 g/mol. The molecule has 1 heterocycles. The molecule has 0 radical (unpaired) electrons. The maximum Gasteiger partial charge on any atom is 0.261 e. The van der Waals surface area contributed by atoms with Crippen molar-refractivity contribution in [1.82, 2.24) is 4.98 Å². The first-order chi connectivity index (χ1) is 6.43. The predicted molar refractivity (Wildman–Crippen MR) is 48.8 cm³/mol. The first-order valence-electron chi connectivity index (χ1n) is 3.77. The number of primary amides is 2. The second kappa shape index (κ2) is 3.33. The standard InChI is InChI=1S/C8H9N3O3/c1-3-2-4(6(9)12)5(7(10)13)8(14)11-3/h2H,1H3,(H2,9,12)(H2,10,13)(H,11,14). The van der Waals surface area contributed by atoms with Crippen LogP contribution in [0.4, 0.5) is 0 Å². The van der Waals surface area contributed by atoms with Gasteiger partial charge in [0.05, 0.1) is 5.56 Å². The van der Waals surface area contributed by atoms with Gasteiger partial charge < -0.3 is 16.5 Å². The van der Waals surface area contributed by atoms with Crippen LogP contribution in [0.2, 0.25) is 0 Å². The van der Waals surface area contributed by atoms with Crippen molar-refractivity contribution in [2.45, 2.75) is 6.92 Å². The molecule has 0 aromatic carbocycles. The Hall–Kier alpha value is -2.11. The quantitative estimate of drug-likeness (QED) is 0.554. The van der Waals surface area contributed by atoms with Crippen molar-refractivity contribution in [2.24, 2.45) is 11.5 Å². The Morgan fingerprint density at radius 1 is 1.29 bits per heavy atom. The molecule has 0 aliphatic heterocycles. The van der Waals surface area contributed by atoms with Gasteiger partial charge in [-0.05, 0) is 13.0 Å². The number of nitrogens with two attached hydrogens (primary N) is 2. The average Bonchev–Trinajstić information content (AvgIpc) is 2.01. The van der Waals surface area contributed by atoms with Crippen LogP contribution in [0.15, 0.2) is 10.9 Å². The van der Waals surface area contributed by atoms with Crippen LogP contribution in [0.3, 0.4) is 0 Å². The van der Waals surface area contributed by atoms with Crippen LogP contribution in [0.1, 0.15) is 26.4 Å². The summed E-state index contributed by atoms with van der Waals surface area (Å²) in [5.74, 6) is -1.83. The third-order valence-electron chi connectivity index (χ3n) is 1.68. The number of aromatic amines is 1. The summed E-state index contributed by atoms with van der Waals surface area (Å²) in [6, 6.07) is 1.31. The number of pyridine rings is 1. The molecule has 0 unspecified atom stereocenters. The predicted octanol–water partition coefficient (Wildman–Crippen LogP) is -1.12. The molecule has 0 aliphatic carbocycles.